The van der Waals surface area contributed by atoms with E-state index in [0.29, 0.717) is 0 Å². The summed E-state index contributed by atoms with van der Waals surface area (Å²) in [5.41, 5.74) is 1.18. The second kappa shape index (κ2) is 6.14. The lowest BCUT2D eigenvalue weighted by atomic mass is 10.1. The minimum atomic E-state index is 1.05. The highest BCUT2D eigenvalue weighted by Gasteiger charge is 1.95. The van der Waals surface area contributed by atoms with Crippen molar-refractivity contribution in [2.45, 2.75) is 32.1 Å². The van der Waals surface area contributed by atoms with Gasteiger partial charge in [-0.3, -0.25) is 4.98 Å². The summed E-state index contributed by atoms with van der Waals surface area (Å²) >= 11 is 3.43. The number of hydrogen-bond acceptors (Lipinski definition) is 1. The fourth-order valence-electron chi connectivity index (χ4n) is 1.25. The van der Waals surface area contributed by atoms with Gasteiger partial charge >= 0.3 is 0 Å². The SMILES string of the molecule is [CH2]CCCCCc1cc(Br)ccn1. The lowest BCUT2D eigenvalue weighted by Gasteiger charge is -2.00. The maximum absolute atomic E-state index is 4.29. The summed E-state index contributed by atoms with van der Waals surface area (Å²) in [5, 5.41) is 0. The van der Waals surface area contributed by atoms with Crippen LogP contribution in [0.15, 0.2) is 22.8 Å². The molecule has 1 nitrogen and oxygen atoms in total. The molecule has 1 rings (SSSR count). The number of rotatable bonds is 5. The maximum atomic E-state index is 4.29. The largest absolute Gasteiger partial charge is 0.261 e. The topological polar surface area (TPSA) is 12.9 Å². The smallest absolute Gasteiger partial charge is 0.0414 e. The van der Waals surface area contributed by atoms with Crippen molar-refractivity contribution in [3.05, 3.63) is 35.4 Å². The normalized spacial score (nSPS) is 10.3. The van der Waals surface area contributed by atoms with Crippen LogP contribution in [0.5, 0.6) is 0 Å². The summed E-state index contributed by atoms with van der Waals surface area (Å²) in [6.07, 6.45) is 7.69. The Morgan fingerprint density at radius 1 is 1.31 bits per heavy atom. The summed E-state index contributed by atoms with van der Waals surface area (Å²) in [5.74, 6) is 0. The highest BCUT2D eigenvalue weighted by molar-refractivity contribution is 9.10. The molecule has 1 aromatic heterocycles. The highest BCUT2D eigenvalue weighted by atomic mass is 79.9. The number of pyridine rings is 1. The zero-order valence-electron chi connectivity index (χ0n) is 7.80. The first kappa shape index (κ1) is 10.7. The second-order valence-electron chi connectivity index (χ2n) is 3.13. The number of unbranched alkanes of at least 4 members (excludes halogenated alkanes) is 3. The first-order chi connectivity index (χ1) is 6.33. The summed E-state index contributed by atoms with van der Waals surface area (Å²) in [6, 6.07) is 4.05. The molecule has 0 saturated heterocycles. The van der Waals surface area contributed by atoms with E-state index in [1.54, 1.807) is 0 Å². The Bertz CT molecular complexity index is 248. The molecule has 0 spiro atoms. The standard InChI is InChI=1S/C11H15BrN/c1-2-3-4-5-6-11-9-10(12)7-8-13-11/h7-9H,1-6H2. The molecule has 0 saturated carbocycles. The summed E-state index contributed by atoms with van der Waals surface area (Å²) in [4.78, 5) is 4.29. The van der Waals surface area contributed by atoms with Gasteiger partial charge in [-0.2, -0.15) is 0 Å². The molecule has 0 N–H and O–H groups in total. The van der Waals surface area contributed by atoms with E-state index in [-0.39, 0.29) is 0 Å². The van der Waals surface area contributed by atoms with E-state index in [2.05, 4.69) is 33.9 Å². The molecule has 1 radical (unpaired) electrons. The number of hydrogen-bond donors (Lipinski definition) is 0. The molecule has 0 atom stereocenters. The third-order valence-corrected chi connectivity index (χ3v) is 2.45. The van der Waals surface area contributed by atoms with Crippen LogP contribution in [-0.2, 0) is 6.42 Å². The Morgan fingerprint density at radius 3 is 2.85 bits per heavy atom. The van der Waals surface area contributed by atoms with Gasteiger partial charge in [0.2, 0.25) is 0 Å². The van der Waals surface area contributed by atoms with Gasteiger partial charge in [-0.15, -0.1) is 0 Å². The van der Waals surface area contributed by atoms with Crippen LogP contribution >= 0.6 is 15.9 Å². The molecule has 13 heavy (non-hydrogen) atoms. The molecule has 2 heteroatoms. The van der Waals surface area contributed by atoms with Gasteiger partial charge in [0.05, 0.1) is 0 Å². The van der Waals surface area contributed by atoms with E-state index in [9.17, 15) is 0 Å². The average molecular weight is 241 g/mol. The predicted octanol–water partition coefficient (Wildman–Crippen LogP) is 3.78. The predicted molar refractivity (Wildman–Crippen MR) is 59.5 cm³/mol. The van der Waals surface area contributed by atoms with Crippen LogP contribution in [0.2, 0.25) is 0 Å². The molecule has 0 aliphatic carbocycles. The molecule has 0 aliphatic heterocycles. The first-order valence-electron chi connectivity index (χ1n) is 4.72. The van der Waals surface area contributed by atoms with Gasteiger partial charge in [0.25, 0.3) is 0 Å². The van der Waals surface area contributed by atoms with Gasteiger partial charge in [0.1, 0.15) is 0 Å². The van der Waals surface area contributed by atoms with Crippen molar-refractivity contribution in [3.8, 4) is 0 Å². The minimum Gasteiger partial charge on any atom is -0.261 e. The highest BCUT2D eigenvalue weighted by Crippen LogP contribution is 2.11. The van der Waals surface area contributed by atoms with Gasteiger partial charge in [-0.25, -0.2) is 0 Å². The molecule has 0 bridgehead atoms. The van der Waals surface area contributed by atoms with Crippen molar-refractivity contribution in [1.29, 1.82) is 0 Å². The second-order valence-corrected chi connectivity index (χ2v) is 4.05. The fourth-order valence-corrected chi connectivity index (χ4v) is 1.63. The third-order valence-electron chi connectivity index (χ3n) is 1.96. The van der Waals surface area contributed by atoms with Crippen molar-refractivity contribution in [1.82, 2.24) is 4.98 Å². The zero-order chi connectivity index (χ0) is 9.52. The Kier molecular flexibility index (Phi) is 5.06. The van der Waals surface area contributed by atoms with Gasteiger partial charge in [-0.05, 0) is 25.0 Å². The summed E-state index contributed by atoms with van der Waals surface area (Å²) in [7, 11) is 0. The van der Waals surface area contributed by atoms with E-state index >= 15 is 0 Å². The molecule has 0 amide bonds. The van der Waals surface area contributed by atoms with Crippen molar-refractivity contribution < 1.29 is 0 Å². The molecular weight excluding hydrogens is 226 g/mol. The van der Waals surface area contributed by atoms with Crippen molar-refractivity contribution >= 4 is 15.9 Å². The first-order valence-corrected chi connectivity index (χ1v) is 5.52. The van der Waals surface area contributed by atoms with Gasteiger partial charge in [0.15, 0.2) is 0 Å². The van der Waals surface area contributed by atoms with Gasteiger partial charge in [-0.1, -0.05) is 42.1 Å². The van der Waals surface area contributed by atoms with Crippen LogP contribution in [0.4, 0.5) is 0 Å². The van der Waals surface area contributed by atoms with E-state index in [1.807, 2.05) is 12.3 Å². The zero-order valence-corrected chi connectivity index (χ0v) is 9.39. The van der Waals surface area contributed by atoms with Crippen LogP contribution in [0.1, 0.15) is 31.4 Å². The molecular formula is C11H15BrN. The summed E-state index contributed by atoms with van der Waals surface area (Å²) < 4.78 is 1.12. The number of nitrogens with zero attached hydrogens (tertiary/aromatic N) is 1. The number of halogens is 1. The lowest BCUT2D eigenvalue weighted by molar-refractivity contribution is 0.678. The Morgan fingerprint density at radius 2 is 2.15 bits per heavy atom. The van der Waals surface area contributed by atoms with Crippen LogP contribution in [0.3, 0.4) is 0 Å². The Hall–Kier alpha value is -0.370. The molecule has 1 heterocycles. The average Bonchev–Trinajstić information content (AvgIpc) is 2.13. The summed E-state index contributed by atoms with van der Waals surface area (Å²) in [6.45, 7) is 3.82. The van der Waals surface area contributed by atoms with Crippen molar-refractivity contribution in [3.63, 3.8) is 0 Å². The van der Waals surface area contributed by atoms with E-state index < -0.39 is 0 Å². The van der Waals surface area contributed by atoms with E-state index in [0.717, 1.165) is 17.3 Å². The van der Waals surface area contributed by atoms with E-state index in [1.165, 1.54) is 25.0 Å². The molecule has 0 fully saturated rings. The molecule has 0 unspecified atom stereocenters. The quantitative estimate of drug-likeness (QED) is 0.715. The Labute approximate surface area is 88.7 Å². The number of aryl methyl sites for hydroxylation is 1. The van der Waals surface area contributed by atoms with Crippen LogP contribution in [-0.4, -0.2) is 4.98 Å². The van der Waals surface area contributed by atoms with Crippen LogP contribution < -0.4 is 0 Å². The van der Waals surface area contributed by atoms with E-state index in [4.69, 9.17) is 0 Å². The monoisotopic (exact) mass is 240 g/mol. The lowest BCUT2D eigenvalue weighted by Crippen LogP contribution is -1.89. The fraction of sp³-hybridized carbons (Fsp3) is 0.455. The van der Waals surface area contributed by atoms with Crippen molar-refractivity contribution in [2.75, 3.05) is 0 Å². The Balaban J connectivity index is 2.28. The maximum Gasteiger partial charge on any atom is 0.0414 e. The molecule has 0 aliphatic rings. The number of aromatic nitrogens is 1. The van der Waals surface area contributed by atoms with Crippen LogP contribution in [0, 0.1) is 6.92 Å². The molecule has 0 aromatic carbocycles. The molecule has 71 valence electrons. The minimum absolute atomic E-state index is 1.05. The van der Waals surface area contributed by atoms with Crippen molar-refractivity contribution in [2.24, 2.45) is 0 Å². The molecule has 1 aromatic rings. The third kappa shape index (κ3) is 4.41. The van der Waals surface area contributed by atoms with Gasteiger partial charge < -0.3 is 0 Å². The van der Waals surface area contributed by atoms with Gasteiger partial charge in [0, 0.05) is 16.4 Å². The van der Waals surface area contributed by atoms with Crippen LogP contribution in [0.25, 0.3) is 0 Å².